The van der Waals surface area contributed by atoms with Crippen LogP contribution >= 0.6 is 23.1 Å². The van der Waals surface area contributed by atoms with Crippen molar-refractivity contribution in [2.24, 2.45) is 5.10 Å². The van der Waals surface area contributed by atoms with E-state index in [1.165, 1.54) is 35.8 Å². The van der Waals surface area contributed by atoms with Gasteiger partial charge in [-0.25, -0.2) is 10.4 Å². The molecule has 4 rings (SSSR count). The number of nitro benzene ring substituents is 1. The number of hydrazone groups is 1. The number of fused-ring (bicyclic) bond motifs is 1. The van der Waals surface area contributed by atoms with Crippen molar-refractivity contribution in [3.05, 3.63) is 86.0 Å². The van der Waals surface area contributed by atoms with Crippen molar-refractivity contribution in [1.29, 1.82) is 0 Å². The molecule has 0 atom stereocenters. The van der Waals surface area contributed by atoms with E-state index in [0.717, 1.165) is 22.9 Å². The van der Waals surface area contributed by atoms with Gasteiger partial charge in [-0.15, -0.1) is 11.3 Å². The van der Waals surface area contributed by atoms with Gasteiger partial charge in [0.2, 0.25) is 0 Å². The minimum atomic E-state index is -0.506. The van der Waals surface area contributed by atoms with Crippen LogP contribution < -0.4 is 11.0 Å². The number of nitrogens with zero attached hydrogens (tertiary/aromatic N) is 3. The van der Waals surface area contributed by atoms with Gasteiger partial charge in [0.25, 0.3) is 17.2 Å². The summed E-state index contributed by atoms with van der Waals surface area (Å²) in [6.45, 7) is 0. The largest absolute Gasteiger partial charge is 0.301 e. The number of thioether (sulfide) groups is 1. The molecule has 2 heterocycles. The van der Waals surface area contributed by atoms with E-state index in [0.29, 0.717) is 20.9 Å². The van der Waals surface area contributed by atoms with E-state index in [2.05, 4.69) is 20.5 Å². The number of aromatic nitrogens is 2. The quantitative estimate of drug-likeness (QED) is 0.140. The molecule has 32 heavy (non-hydrogen) atoms. The van der Waals surface area contributed by atoms with Gasteiger partial charge in [0, 0.05) is 28.6 Å². The maximum absolute atomic E-state index is 12.6. The zero-order valence-electron chi connectivity index (χ0n) is 16.3. The van der Waals surface area contributed by atoms with E-state index in [1.807, 2.05) is 35.7 Å². The molecule has 0 aliphatic heterocycles. The maximum atomic E-state index is 12.6. The lowest BCUT2D eigenvalue weighted by molar-refractivity contribution is -0.384. The third kappa shape index (κ3) is 4.90. The Morgan fingerprint density at radius 3 is 2.84 bits per heavy atom. The zero-order valence-corrected chi connectivity index (χ0v) is 18.0. The SMILES string of the molecule is O=C(CSc1nc2scc(-c3ccccc3)c2c(=O)[nH]1)N/N=C/c1cccc([N+](=O)[O-])c1. The van der Waals surface area contributed by atoms with Crippen LogP contribution in [0.15, 0.2) is 75.0 Å². The van der Waals surface area contributed by atoms with Crippen LogP contribution in [0.25, 0.3) is 21.3 Å². The van der Waals surface area contributed by atoms with Gasteiger partial charge in [-0.2, -0.15) is 5.10 Å². The van der Waals surface area contributed by atoms with Crippen LogP contribution in [0.5, 0.6) is 0 Å². The van der Waals surface area contributed by atoms with Crippen molar-refractivity contribution in [1.82, 2.24) is 15.4 Å². The number of aromatic amines is 1. The number of carbonyl (C=O) groups is 1. The molecule has 0 aliphatic rings. The fourth-order valence-electron chi connectivity index (χ4n) is 2.89. The average molecular weight is 466 g/mol. The van der Waals surface area contributed by atoms with Gasteiger partial charge >= 0.3 is 0 Å². The van der Waals surface area contributed by atoms with E-state index < -0.39 is 10.8 Å². The Kier molecular flexibility index (Phi) is 6.38. The molecule has 160 valence electrons. The number of thiophene rings is 1. The van der Waals surface area contributed by atoms with Crippen molar-refractivity contribution < 1.29 is 9.72 Å². The summed E-state index contributed by atoms with van der Waals surface area (Å²) in [5, 5.41) is 17.4. The first-order chi connectivity index (χ1) is 15.5. The first-order valence-electron chi connectivity index (χ1n) is 9.27. The van der Waals surface area contributed by atoms with Crippen LogP contribution in [0, 0.1) is 10.1 Å². The Hall–Kier alpha value is -3.83. The molecule has 9 nitrogen and oxygen atoms in total. The average Bonchev–Trinajstić information content (AvgIpc) is 3.23. The van der Waals surface area contributed by atoms with Crippen LogP contribution in [-0.4, -0.2) is 32.8 Å². The molecule has 2 aromatic heterocycles. The smallest absolute Gasteiger partial charge is 0.270 e. The third-order valence-corrected chi connectivity index (χ3v) is 6.08. The topological polar surface area (TPSA) is 130 Å². The molecule has 11 heteroatoms. The molecule has 2 N–H and O–H groups in total. The number of H-pyrrole nitrogens is 1. The molecular weight excluding hydrogens is 450 g/mol. The summed E-state index contributed by atoms with van der Waals surface area (Å²) >= 11 is 2.45. The number of hydrogen-bond donors (Lipinski definition) is 2. The second kappa shape index (κ2) is 9.54. The number of carbonyl (C=O) groups excluding carboxylic acids is 1. The highest BCUT2D eigenvalue weighted by Gasteiger charge is 2.13. The molecule has 0 aliphatic carbocycles. The molecule has 2 aromatic carbocycles. The lowest BCUT2D eigenvalue weighted by atomic mass is 10.1. The van der Waals surface area contributed by atoms with Crippen molar-refractivity contribution >= 4 is 51.1 Å². The Balaban J connectivity index is 1.40. The van der Waals surface area contributed by atoms with Crippen LogP contribution in [0.4, 0.5) is 5.69 Å². The summed E-state index contributed by atoms with van der Waals surface area (Å²) in [5.74, 6) is -0.423. The number of nitrogens with one attached hydrogen (secondary N) is 2. The summed E-state index contributed by atoms with van der Waals surface area (Å²) in [7, 11) is 0. The number of rotatable bonds is 7. The third-order valence-electron chi connectivity index (χ3n) is 4.33. The number of benzene rings is 2. The maximum Gasteiger partial charge on any atom is 0.270 e. The van der Waals surface area contributed by atoms with Gasteiger partial charge in [-0.3, -0.25) is 19.7 Å². The predicted molar refractivity (Wildman–Crippen MR) is 125 cm³/mol. The van der Waals surface area contributed by atoms with E-state index in [-0.39, 0.29) is 17.0 Å². The minimum Gasteiger partial charge on any atom is -0.301 e. The molecule has 0 radical (unpaired) electrons. The Morgan fingerprint density at radius 1 is 1.25 bits per heavy atom. The summed E-state index contributed by atoms with van der Waals surface area (Å²) in [4.78, 5) is 42.7. The van der Waals surface area contributed by atoms with Gasteiger partial charge in [0.15, 0.2) is 5.16 Å². The van der Waals surface area contributed by atoms with Gasteiger partial charge in [0.1, 0.15) is 4.83 Å². The van der Waals surface area contributed by atoms with E-state index in [9.17, 15) is 19.7 Å². The van der Waals surface area contributed by atoms with E-state index >= 15 is 0 Å². The molecule has 0 saturated carbocycles. The highest BCUT2D eigenvalue weighted by atomic mass is 32.2. The van der Waals surface area contributed by atoms with Crippen molar-refractivity contribution in [3.63, 3.8) is 0 Å². The lowest BCUT2D eigenvalue weighted by Crippen LogP contribution is -2.20. The number of hydrogen-bond acceptors (Lipinski definition) is 8. The minimum absolute atomic E-state index is 0.0162. The first-order valence-corrected chi connectivity index (χ1v) is 11.1. The van der Waals surface area contributed by atoms with E-state index in [4.69, 9.17) is 0 Å². The second-order valence-corrected chi connectivity index (χ2v) is 8.32. The van der Waals surface area contributed by atoms with Crippen molar-refractivity contribution in [2.75, 3.05) is 5.75 Å². The molecule has 0 unspecified atom stereocenters. The molecule has 0 saturated heterocycles. The van der Waals surface area contributed by atoms with Gasteiger partial charge in [0.05, 0.1) is 22.3 Å². The van der Waals surface area contributed by atoms with Crippen molar-refractivity contribution in [2.45, 2.75) is 5.16 Å². The van der Waals surface area contributed by atoms with Crippen molar-refractivity contribution in [3.8, 4) is 11.1 Å². The van der Waals surface area contributed by atoms with Crippen LogP contribution in [0.3, 0.4) is 0 Å². The summed E-state index contributed by atoms with van der Waals surface area (Å²) in [6, 6.07) is 15.5. The number of amides is 1. The normalized spacial score (nSPS) is 11.1. The molecule has 4 aromatic rings. The first kappa shape index (κ1) is 21.4. The molecule has 1 amide bonds. The number of nitro groups is 1. The highest BCUT2D eigenvalue weighted by Crippen LogP contribution is 2.31. The fourth-order valence-corrected chi connectivity index (χ4v) is 4.55. The van der Waals surface area contributed by atoms with Crippen LogP contribution in [-0.2, 0) is 4.79 Å². The Bertz CT molecular complexity index is 1380. The summed E-state index contributed by atoms with van der Waals surface area (Å²) < 4.78 is 0. The molecule has 0 spiro atoms. The summed E-state index contributed by atoms with van der Waals surface area (Å²) in [6.07, 6.45) is 1.32. The Labute approximate surface area is 189 Å². The number of non-ortho nitro benzene ring substituents is 1. The monoisotopic (exact) mass is 465 g/mol. The zero-order chi connectivity index (χ0) is 22.5. The lowest BCUT2D eigenvalue weighted by Gasteiger charge is -2.02. The van der Waals surface area contributed by atoms with Crippen LogP contribution in [0.2, 0.25) is 0 Å². The molecule has 0 bridgehead atoms. The Morgan fingerprint density at radius 2 is 2.06 bits per heavy atom. The van der Waals surface area contributed by atoms with E-state index in [1.54, 1.807) is 6.07 Å². The predicted octanol–water partition coefficient (Wildman–Crippen LogP) is 3.80. The van der Waals surface area contributed by atoms with Crippen LogP contribution in [0.1, 0.15) is 5.56 Å². The van der Waals surface area contributed by atoms with Gasteiger partial charge < -0.3 is 4.98 Å². The second-order valence-electron chi connectivity index (χ2n) is 6.50. The van der Waals surface area contributed by atoms with Gasteiger partial charge in [-0.1, -0.05) is 54.2 Å². The standard InChI is InChI=1S/C21H15N5O4S2/c27-17(25-22-10-13-5-4-8-15(9-13)26(29)30)12-32-21-23-19(28)18-16(11-31-20(18)24-21)14-6-2-1-3-7-14/h1-11H,12H2,(H,25,27)(H,23,24,28)/b22-10+. The van der Waals surface area contributed by atoms with Gasteiger partial charge in [-0.05, 0) is 5.56 Å². The highest BCUT2D eigenvalue weighted by molar-refractivity contribution is 7.99. The summed E-state index contributed by atoms with van der Waals surface area (Å²) in [5.41, 5.74) is 4.27. The fraction of sp³-hybridized carbons (Fsp3) is 0.0476. The molecule has 0 fully saturated rings. The molecular formula is C21H15N5O4S2.